The highest BCUT2D eigenvalue weighted by molar-refractivity contribution is 7.99. The number of aryl methyl sites for hydroxylation is 2. The van der Waals surface area contributed by atoms with Gasteiger partial charge >= 0.3 is 10.4 Å². The van der Waals surface area contributed by atoms with Crippen molar-refractivity contribution >= 4 is 16.1 Å². The van der Waals surface area contributed by atoms with Gasteiger partial charge in [-0.25, -0.2) is 0 Å². The van der Waals surface area contributed by atoms with Crippen LogP contribution in [0, 0.1) is 13.8 Å². The molecule has 0 aliphatic heterocycles. The topological polar surface area (TPSA) is 50.6 Å². The maximum absolute atomic E-state index is 13.9. The Morgan fingerprint density at radius 3 is 2.22 bits per heavy atom. The Morgan fingerprint density at radius 1 is 1.03 bits per heavy atom. The SMILES string of the molecule is CCN(CC)Cc1cccc(-c2ccc([S+](=O)(OC)N(C)c3c(C)nn(C)c3C)cc2)c1. The van der Waals surface area contributed by atoms with Gasteiger partial charge in [0.2, 0.25) is 4.90 Å². The van der Waals surface area contributed by atoms with E-state index in [1.54, 1.807) is 16.0 Å². The van der Waals surface area contributed by atoms with Gasteiger partial charge in [0, 0.05) is 13.6 Å². The zero-order valence-electron chi connectivity index (χ0n) is 20.3. The van der Waals surface area contributed by atoms with Crippen molar-refractivity contribution in [2.24, 2.45) is 7.05 Å². The number of hydrogen-bond donors (Lipinski definition) is 0. The molecule has 0 N–H and O–H groups in total. The van der Waals surface area contributed by atoms with Gasteiger partial charge < -0.3 is 0 Å². The second-order valence-electron chi connectivity index (χ2n) is 7.97. The Kier molecular flexibility index (Phi) is 7.54. The summed E-state index contributed by atoms with van der Waals surface area (Å²) in [5.74, 6) is 0. The molecule has 0 spiro atoms. The van der Waals surface area contributed by atoms with Crippen molar-refractivity contribution in [1.29, 1.82) is 0 Å². The Hall–Kier alpha value is -2.48. The third-order valence-electron chi connectivity index (χ3n) is 6.09. The highest BCUT2D eigenvalue weighted by Gasteiger charge is 2.41. The first-order chi connectivity index (χ1) is 15.2. The lowest BCUT2D eigenvalue weighted by atomic mass is 10.0. The van der Waals surface area contributed by atoms with Crippen molar-refractivity contribution in [2.45, 2.75) is 39.1 Å². The molecule has 0 bridgehead atoms. The van der Waals surface area contributed by atoms with E-state index in [0.717, 1.165) is 47.8 Å². The zero-order valence-corrected chi connectivity index (χ0v) is 21.1. The summed E-state index contributed by atoms with van der Waals surface area (Å²) in [6.07, 6.45) is 0. The molecule has 1 heterocycles. The largest absolute Gasteiger partial charge is 0.350 e. The average Bonchev–Trinajstić information content (AvgIpc) is 3.07. The number of benzene rings is 2. The Labute approximate surface area is 193 Å². The van der Waals surface area contributed by atoms with Crippen LogP contribution >= 0.6 is 0 Å². The summed E-state index contributed by atoms with van der Waals surface area (Å²) in [5, 5.41) is 4.46. The third kappa shape index (κ3) is 4.65. The van der Waals surface area contributed by atoms with Crippen molar-refractivity contribution < 1.29 is 8.39 Å². The van der Waals surface area contributed by atoms with Gasteiger partial charge in [0.05, 0.1) is 25.5 Å². The van der Waals surface area contributed by atoms with E-state index in [-0.39, 0.29) is 0 Å². The maximum Gasteiger partial charge on any atom is 0.350 e. The second-order valence-corrected chi connectivity index (χ2v) is 10.3. The summed E-state index contributed by atoms with van der Waals surface area (Å²) in [5.41, 5.74) is 6.11. The fourth-order valence-electron chi connectivity index (χ4n) is 4.08. The quantitative estimate of drug-likeness (QED) is 0.425. The molecular weight excluding hydrogens is 420 g/mol. The second kappa shape index (κ2) is 9.98. The predicted molar refractivity (Wildman–Crippen MR) is 133 cm³/mol. The van der Waals surface area contributed by atoms with Crippen molar-refractivity contribution in [3.8, 4) is 11.1 Å². The molecule has 172 valence electrons. The first kappa shape index (κ1) is 24.2. The minimum Gasteiger partial charge on any atom is -0.300 e. The zero-order chi connectivity index (χ0) is 23.5. The number of anilines is 1. The van der Waals surface area contributed by atoms with Crippen molar-refractivity contribution in [2.75, 3.05) is 31.6 Å². The first-order valence-electron chi connectivity index (χ1n) is 11.0. The van der Waals surface area contributed by atoms with E-state index < -0.39 is 10.4 Å². The van der Waals surface area contributed by atoms with Crippen LogP contribution in [0.5, 0.6) is 0 Å². The molecule has 0 amide bonds. The molecule has 1 unspecified atom stereocenters. The van der Waals surface area contributed by atoms with Crippen molar-refractivity contribution in [3.05, 3.63) is 65.5 Å². The highest BCUT2D eigenvalue weighted by atomic mass is 32.3. The smallest absolute Gasteiger partial charge is 0.300 e. The molecular formula is C25H35N4O2S+. The summed E-state index contributed by atoms with van der Waals surface area (Å²) in [6, 6.07) is 16.4. The van der Waals surface area contributed by atoms with E-state index >= 15 is 0 Å². The molecule has 0 aliphatic carbocycles. The molecule has 0 saturated carbocycles. The lowest BCUT2D eigenvalue weighted by Gasteiger charge is -2.20. The minimum atomic E-state index is -2.93. The lowest BCUT2D eigenvalue weighted by Crippen LogP contribution is -2.35. The van der Waals surface area contributed by atoms with Crippen LogP contribution in [-0.4, -0.2) is 41.9 Å². The van der Waals surface area contributed by atoms with E-state index in [2.05, 4.69) is 48.1 Å². The summed E-state index contributed by atoms with van der Waals surface area (Å²) < 4.78 is 23.0. The standard InChI is InChI=1S/C25H35N4O2S/c1-8-29(9-2)18-21-11-10-12-23(17-21)22-13-15-24(16-14-22)32(30,31-7)28(6)25-19(3)26-27(5)20(25)4/h10-17H,8-9,18H2,1-7H3/q+1. The molecule has 0 saturated heterocycles. The molecule has 1 aromatic heterocycles. The van der Waals surface area contributed by atoms with E-state index in [0.29, 0.717) is 4.90 Å². The summed E-state index contributed by atoms with van der Waals surface area (Å²) in [6.45, 7) is 11.3. The monoisotopic (exact) mass is 455 g/mol. The van der Waals surface area contributed by atoms with Crippen LogP contribution in [0.25, 0.3) is 11.1 Å². The molecule has 0 fully saturated rings. The Balaban J connectivity index is 1.91. The van der Waals surface area contributed by atoms with Crippen molar-refractivity contribution in [3.63, 3.8) is 0 Å². The fourth-order valence-corrected chi connectivity index (χ4v) is 5.80. The van der Waals surface area contributed by atoms with Crippen LogP contribution in [-0.2, 0) is 32.4 Å². The van der Waals surface area contributed by atoms with Gasteiger partial charge in [-0.15, -0.1) is 4.18 Å². The van der Waals surface area contributed by atoms with Gasteiger partial charge in [-0.1, -0.05) is 32.0 Å². The molecule has 6 nitrogen and oxygen atoms in total. The number of hydrogen-bond acceptors (Lipinski definition) is 4. The molecule has 7 heteroatoms. The molecule has 3 aromatic rings. The van der Waals surface area contributed by atoms with Crippen LogP contribution in [0.3, 0.4) is 0 Å². The van der Waals surface area contributed by atoms with E-state index in [1.807, 2.05) is 45.2 Å². The molecule has 3 rings (SSSR count). The number of rotatable bonds is 9. The molecule has 0 aliphatic rings. The van der Waals surface area contributed by atoms with Gasteiger partial charge in [-0.05, 0) is 78.2 Å². The summed E-state index contributed by atoms with van der Waals surface area (Å²) >= 11 is 0. The van der Waals surface area contributed by atoms with Crippen molar-refractivity contribution in [1.82, 2.24) is 14.7 Å². The van der Waals surface area contributed by atoms with E-state index in [1.165, 1.54) is 12.7 Å². The Morgan fingerprint density at radius 2 is 1.69 bits per heavy atom. The van der Waals surface area contributed by atoms with Crippen LogP contribution in [0.15, 0.2) is 53.4 Å². The normalized spacial score (nSPS) is 13.4. The number of nitrogens with zero attached hydrogens (tertiary/aromatic N) is 4. The van der Waals surface area contributed by atoms with Crippen LogP contribution in [0.1, 0.15) is 30.8 Å². The van der Waals surface area contributed by atoms with Gasteiger partial charge in [0.1, 0.15) is 5.69 Å². The summed E-state index contributed by atoms with van der Waals surface area (Å²) in [7, 11) is 2.25. The van der Waals surface area contributed by atoms with Gasteiger partial charge in [0.25, 0.3) is 0 Å². The average molecular weight is 456 g/mol. The van der Waals surface area contributed by atoms with Gasteiger partial charge in [0.15, 0.2) is 0 Å². The molecule has 32 heavy (non-hydrogen) atoms. The predicted octanol–water partition coefficient (Wildman–Crippen LogP) is 5.02. The van der Waals surface area contributed by atoms with Crippen LogP contribution in [0.2, 0.25) is 0 Å². The van der Waals surface area contributed by atoms with Gasteiger partial charge in [-0.3, -0.25) is 9.58 Å². The van der Waals surface area contributed by atoms with E-state index in [4.69, 9.17) is 4.18 Å². The van der Waals surface area contributed by atoms with Gasteiger partial charge in [-0.2, -0.15) is 9.40 Å². The fraction of sp³-hybridized carbons (Fsp3) is 0.400. The Bertz CT molecular complexity index is 1100. The number of aromatic nitrogens is 2. The minimum absolute atomic E-state index is 0.633. The molecule has 1 atom stereocenters. The summed E-state index contributed by atoms with van der Waals surface area (Å²) in [4.78, 5) is 3.03. The van der Waals surface area contributed by atoms with E-state index in [9.17, 15) is 4.21 Å². The molecule has 0 radical (unpaired) electrons. The molecule has 2 aromatic carbocycles. The first-order valence-corrected chi connectivity index (χ1v) is 12.4. The maximum atomic E-state index is 13.9. The highest BCUT2D eigenvalue weighted by Crippen LogP contribution is 2.34. The van der Waals surface area contributed by atoms with Crippen LogP contribution < -0.4 is 4.31 Å². The third-order valence-corrected chi connectivity index (χ3v) is 8.31. The van der Waals surface area contributed by atoms with Crippen LogP contribution in [0.4, 0.5) is 5.69 Å². The lowest BCUT2D eigenvalue weighted by molar-refractivity contribution is 0.296.